The molecule has 1 N–H and O–H groups in total. The SMILES string of the molecule is Cc1cc(C(=O)Nc2ccc(S(=O)(=O)N3CCN(C)CC3)cc2)no1. The van der Waals surface area contributed by atoms with Crippen LogP contribution in [0.25, 0.3) is 0 Å². The first-order chi connectivity index (χ1) is 11.9. The average molecular weight is 364 g/mol. The maximum absolute atomic E-state index is 12.6. The Labute approximate surface area is 146 Å². The molecule has 0 atom stereocenters. The number of piperazine rings is 1. The van der Waals surface area contributed by atoms with Gasteiger partial charge in [-0.25, -0.2) is 8.42 Å². The summed E-state index contributed by atoms with van der Waals surface area (Å²) in [6.45, 7) is 4.07. The summed E-state index contributed by atoms with van der Waals surface area (Å²) in [5.74, 6) is 0.130. The summed E-state index contributed by atoms with van der Waals surface area (Å²) in [7, 11) is -1.54. The van der Waals surface area contributed by atoms with E-state index in [1.807, 2.05) is 7.05 Å². The van der Waals surface area contributed by atoms with Crippen molar-refractivity contribution >= 4 is 21.6 Å². The first-order valence-corrected chi connectivity index (χ1v) is 9.34. The van der Waals surface area contributed by atoms with E-state index in [4.69, 9.17) is 4.52 Å². The van der Waals surface area contributed by atoms with Gasteiger partial charge in [0.25, 0.3) is 5.91 Å². The third-order valence-corrected chi connectivity index (χ3v) is 5.99. The third-order valence-electron chi connectivity index (χ3n) is 4.07. The molecule has 1 aliphatic rings. The van der Waals surface area contributed by atoms with E-state index in [-0.39, 0.29) is 10.6 Å². The largest absolute Gasteiger partial charge is 0.361 e. The van der Waals surface area contributed by atoms with Crippen LogP contribution in [0.1, 0.15) is 16.2 Å². The molecule has 1 amide bonds. The Hall–Kier alpha value is -2.23. The molecule has 25 heavy (non-hydrogen) atoms. The topological polar surface area (TPSA) is 95.8 Å². The van der Waals surface area contributed by atoms with Crippen LogP contribution in [-0.2, 0) is 10.0 Å². The maximum Gasteiger partial charge on any atom is 0.277 e. The summed E-state index contributed by atoms with van der Waals surface area (Å²) in [4.78, 5) is 14.3. The number of sulfonamides is 1. The molecule has 1 aliphatic heterocycles. The zero-order valence-corrected chi connectivity index (χ0v) is 14.9. The number of hydrogen-bond acceptors (Lipinski definition) is 6. The highest BCUT2D eigenvalue weighted by Crippen LogP contribution is 2.20. The second-order valence-corrected chi connectivity index (χ2v) is 7.95. The lowest BCUT2D eigenvalue weighted by atomic mass is 10.3. The number of aryl methyl sites for hydroxylation is 1. The van der Waals surface area contributed by atoms with Crippen molar-refractivity contribution in [2.75, 3.05) is 38.5 Å². The first kappa shape index (κ1) is 17.6. The molecule has 0 radical (unpaired) electrons. The van der Waals surface area contributed by atoms with Gasteiger partial charge >= 0.3 is 0 Å². The van der Waals surface area contributed by atoms with Crippen LogP contribution in [-0.4, -0.2) is 61.9 Å². The highest BCUT2D eigenvalue weighted by atomic mass is 32.2. The van der Waals surface area contributed by atoms with E-state index in [1.54, 1.807) is 19.1 Å². The zero-order chi connectivity index (χ0) is 18.0. The third kappa shape index (κ3) is 3.89. The summed E-state index contributed by atoms with van der Waals surface area (Å²) in [6.07, 6.45) is 0. The van der Waals surface area contributed by atoms with Crippen molar-refractivity contribution in [1.82, 2.24) is 14.4 Å². The van der Waals surface area contributed by atoms with Gasteiger partial charge in [0.15, 0.2) is 5.69 Å². The van der Waals surface area contributed by atoms with E-state index in [1.165, 1.54) is 22.5 Å². The molecule has 1 aromatic carbocycles. The van der Waals surface area contributed by atoms with Gasteiger partial charge in [-0.2, -0.15) is 4.31 Å². The monoisotopic (exact) mass is 364 g/mol. The predicted octanol–water partition coefficient (Wildman–Crippen LogP) is 1.17. The first-order valence-electron chi connectivity index (χ1n) is 7.90. The lowest BCUT2D eigenvalue weighted by Gasteiger charge is -2.31. The average Bonchev–Trinajstić information content (AvgIpc) is 3.02. The van der Waals surface area contributed by atoms with Crippen molar-refractivity contribution in [3.63, 3.8) is 0 Å². The number of carbonyl (C=O) groups excluding carboxylic acids is 1. The molecule has 1 fully saturated rings. The Bertz CT molecular complexity index is 853. The van der Waals surface area contributed by atoms with E-state index < -0.39 is 15.9 Å². The summed E-state index contributed by atoms with van der Waals surface area (Å²) in [5.41, 5.74) is 0.662. The molecule has 1 aromatic heterocycles. The molecule has 0 saturated carbocycles. The lowest BCUT2D eigenvalue weighted by molar-refractivity contribution is 0.101. The molecular weight excluding hydrogens is 344 g/mol. The van der Waals surface area contributed by atoms with Crippen LogP contribution in [0.5, 0.6) is 0 Å². The van der Waals surface area contributed by atoms with Crippen molar-refractivity contribution in [3.8, 4) is 0 Å². The molecule has 0 aliphatic carbocycles. The molecule has 2 aromatic rings. The second kappa shape index (κ2) is 6.95. The summed E-state index contributed by atoms with van der Waals surface area (Å²) >= 11 is 0. The highest BCUT2D eigenvalue weighted by Gasteiger charge is 2.27. The quantitative estimate of drug-likeness (QED) is 0.875. The number of likely N-dealkylation sites (N-methyl/N-ethyl adjacent to an activating group) is 1. The molecule has 8 nitrogen and oxygen atoms in total. The molecule has 0 spiro atoms. The Balaban J connectivity index is 1.70. The van der Waals surface area contributed by atoms with Crippen molar-refractivity contribution < 1.29 is 17.7 Å². The van der Waals surface area contributed by atoms with E-state index in [0.717, 1.165) is 0 Å². The fourth-order valence-corrected chi connectivity index (χ4v) is 3.98. The smallest absolute Gasteiger partial charge is 0.277 e. The number of amides is 1. The molecule has 0 unspecified atom stereocenters. The van der Waals surface area contributed by atoms with Crippen LogP contribution in [0.2, 0.25) is 0 Å². The fraction of sp³-hybridized carbons (Fsp3) is 0.375. The van der Waals surface area contributed by atoms with Gasteiger partial charge in [0.05, 0.1) is 4.90 Å². The van der Waals surface area contributed by atoms with Gasteiger partial charge in [-0.3, -0.25) is 4.79 Å². The van der Waals surface area contributed by atoms with Crippen LogP contribution in [0.15, 0.2) is 39.8 Å². The van der Waals surface area contributed by atoms with Gasteiger partial charge in [-0.15, -0.1) is 0 Å². The minimum absolute atomic E-state index is 0.173. The summed E-state index contributed by atoms with van der Waals surface area (Å²) < 4.78 is 31.6. The Morgan fingerprint density at radius 3 is 2.36 bits per heavy atom. The lowest BCUT2D eigenvalue weighted by Crippen LogP contribution is -2.46. The molecule has 9 heteroatoms. The maximum atomic E-state index is 12.6. The van der Waals surface area contributed by atoms with Gasteiger partial charge in [0, 0.05) is 37.9 Å². The van der Waals surface area contributed by atoms with Gasteiger partial charge in [-0.05, 0) is 38.2 Å². The molecule has 3 rings (SSSR count). The molecule has 134 valence electrons. The number of nitrogens with one attached hydrogen (secondary N) is 1. The van der Waals surface area contributed by atoms with Crippen LogP contribution in [0.4, 0.5) is 5.69 Å². The second-order valence-electron chi connectivity index (χ2n) is 6.01. The van der Waals surface area contributed by atoms with Crippen LogP contribution in [0.3, 0.4) is 0 Å². The Morgan fingerprint density at radius 2 is 1.80 bits per heavy atom. The van der Waals surface area contributed by atoms with Crippen molar-refractivity contribution in [2.24, 2.45) is 0 Å². The number of benzene rings is 1. The normalized spacial score (nSPS) is 16.7. The van der Waals surface area contributed by atoms with Crippen molar-refractivity contribution in [3.05, 3.63) is 41.8 Å². The minimum Gasteiger partial charge on any atom is -0.361 e. The van der Waals surface area contributed by atoms with Crippen molar-refractivity contribution in [1.29, 1.82) is 0 Å². The number of anilines is 1. The van der Waals surface area contributed by atoms with Crippen LogP contribution in [0, 0.1) is 6.92 Å². The van der Waals surface area contributed by atoms with E-state index >= 15 is 0 Å². The zero-order valence-electron chi connectivity index (χ0n) is 14.1. The van der Waals surface area contributed by atoms with Crippen LogP contribution < -0.4 is 5.32 Å². The number of aromatic nitrogens is 1. The number of hydrogen-bond donors (Lipinski definition) is 1. The molecule has 2 heterocycles. The van der Waals surface area contributed by atoms with E-state index in [2.05, 4.69) is 15.4 Å². The standard InChI is InChI=1S/C16H20N4O4S/c1-12-11-15(18-24-12)16(21)17-13-3-5-14(6-4-13)25(22,23)20-9-7-19(2)8-10-20/h3-6,11H,7-10H2,1-2H3,(H,17,21). The van der Waals surface area contributed by atoms with Crippen molar-refractivity contribution in [2.45, 2.75) is 11.8 Å². The fourth-order valence-electron chi connectivity index (χ4n) is 2.56. The summed E-state index contributed by atoms with van der Waals surface area (Å²) in [5, 5.41) is 6.30. The molecular formula is C16H20N4O4S. The van der Waals surface area contributed by atoms with Gasteiger partial charge in [0.2, 0.25) is 10.0 Å². The van der Waals surface area contributed by atoms with E-state index in [0.29, 0.717) is 37.6 Å². The number of carbonyl (C=O) groups is 1. The van der Waals surface area contributed by atoms with Crippen LogP contribution >= 0.6 is 0 Å². The Kier molecular flexibility index (Phi) is 4.89. The highest BCUT2D eigenvalue weighted by molar-refractivity contribution is 7.89. The van der Waals surface area contributed by atoms with Gasteiger partial charge in [0.1, 0.15) is 5.76 Å². The predicted molar refractivity (Wildman–Crippen MR) is 91.9 cm³/mol. The molecule has 0 bridgehead atoms. The van der Waals surface area contributed by atoms with Gasteiger partial charge in [-0.1, -0.05) is 5.16 Å². The Morgan fingerprint density at radius 1 is 1.16 bits per heavy atom. The minimum atomic E-state index is -3.51. The van der Waals surface area contributed by atoms with E-state index in [9.17, 15) is 13.2 Å². The summed E-state index contributed by atoms with van der Waals surface area (Å²) in [6, 6.07) is 7.65. The number of nitrogens with zero attached hydrogens (tertiary/aromatic N) is 3. The molecule has 1 saturated heterocycles. The number of rotatable bonds is 4. The van der Waals surface area contributed by atoms with Gasteiger partial charge < -0.3 is 14.7 Å².